The molecule has 2 aromatic rings. The van der Waals surface area contributed by atoms with Crippen molar-refractivity contribution in [3.05, 3.63) is 40.7 Å². The molecule has 0 spiro atoms. The standard InChI is InChI=1S/C16H11F6N3O/c17-15(18,19)9-5-6-13(11(7-9)23-8-26)25-12-4-2-1-3-10(12)14(24-25)16(20,21)22/h5-7H,1-4H2. The number of fused-ring (bicyclic) bond motifs is 1. The highest BCUT2D eigenvalue weighted by atomic mass is 19.4. The van der Waals surface area contributed by atoms with E-state index in [1.165, 1.54) is 0 Å². The molecule has 0 atom stereocenters. The highest BCUT2D eigenvalue weighted by Crippen LogP contribution is 2.39. The largest absolute Gasteiger partial charge is 0.435 e. The summed E-state index contributed by atoms with van der Waals surface area (Å²) < 4.78 is 79.3. The van der Waals surface area contributed by atoms with Gasteiger partial charge in [-0.15, -0.1) is 0 Å². The molecule has 1 aliphatic carbocycles. The van der Waals surface area contributed by atoms with Crippen molar-refractivity contribution in [1.82, 2.24) is 9.78 Å². The van der Waals surface area contributed by atoms with Crippen LogP contribution in [0.25, 0.3) is 5.69 Å². The number of rotatable bonds is 2. The second kappa shape index (κ2) is 6.28. The van der Waals surface area contributed by atoms with E-state index in [0.29, 0.717) is 31.4 Å². The summed E-state index contributed by atoms with van der Waals surface area (Å²) in [6.45, 7) is 0. The van der Waals surface area contributed by atoms with Crippen LogP contribution in [-0.2, 0) is 30.0 Å². The van der Waals surface area contributed by atoms with E-state index >= 15 is 0 Å². The molecular weight excluding hydrogens is 364 g/mol. The van der Waals surface area contributed by atoms with Crippen LogP contribution in [0.3, 0.4) is 0 Å². The van der Waals surface area contributed by atoms with Crippen molar-refractivity contribution in [1.29, 1.82) is 0 Å². The zero-order valence-electron chi connectivity index (χ0n) is 13.1. The predicted octanol–water partition coefficient (Wildman–Crippen LogP) is 4.76. The van der Waals surface area contributed by atoms with Crippen LogP contribution in [0.1, 0.15) is 35.4 Å². The van der Waals surface area contributed by atoms with Gasteiger partial charge in [-0.1, -0.05) is 0 Å². The molecule has 0 saturated heterocycles. The zero-order valence-corrected chi connectivity index (χ0v) is 13.1. The number of alkyl halides is 6. The quantitative estimate of drug-likeness (QED) is 0.432. The summed E-state index contributed by atoms with van der Waals surface area (Å²) in [5.74, 6) is 0. The third kappa shape index (κ3) is 3.24. The van der Waals surface area contributed by atoms with Gasteiger partial charge in [0.05, 0.1) is 11.3 Å². The van der Waals surface area contributed by atoms with Gasteiger partial charge in [-0.05, 0) is 43.9 Å². The molecule has 1 heterocycles. The Balaban J connectivity index is 2.24. The number of carbonyl (C=O) groups excluding carboxylic acids is 1. The van der Waals surface area contributed by atoms with Crippen molar-refractivity contribution in [2.24, 2.45) is 4.99 Å². The van der Waals surface area contributed by atoms with E-state index in [0.717, 1.165) is 16.8 Å². The Morgan fingerprint density at radius 1 is 1.04 bits per heavy atom. The van der Waals surface area contributed by atoms with E-state index < -0.39 is 29.3 Å². The number of aromatic nitrogens is 2. The number of hydrogen-bond donors (Lipinski definition) is 0. The molecule has 0 fully saturated rings. The fourth-order valence-corrected chi connectivity index (χ4v) is 3.04. The van der Waals surface area contributed by atoms with Crippen LogP contribution in [0, 0.1) is 0 Å². The Labute approximate surface area is 143 Å². The summed E-state index contributed by atoms with van der Waals surface area (Å²) in [5.41, 5.74) is -2.41. The van der Waals surface area contributed by atoms with E-state index in [2.05, 4.69) is 10.1 Å². The molecule has 10 heteroatoms. The highest BCUT2D eigenvalue weighted by molar-refractivity contribution is 5.63. The summed E-state index contributed by atoms with van der Waals surface area (Å²) >= 11 is 0. The molecule has 1 aromatic carbocycles. The first-order valence-corrected chi connectivity index (χ1v) is 7.60. The maximum absolute atomic E-state index is 13.3. The van der Waals surface area contributed by atoms with Gasteiger partial charge < -0.3 is 0 Å². The molecule has 0 aliphatic heterocycles. The molecule has 4 nitrogen and oxygen atoms in total. The molecule has 138 valence electrons. The van der Waals surface area contributed by atoms with Crippen molar-refractivity contribution >= 4 is 11.8 Å². The summed E-state index contributed by atoms with van der Waals surface area (Å²) in [5, 5.41) is 3.59. The van der Waals surface area contributed by atoms with Gasteiger partial charge in [0.25, 0.3) is 0 Å². The summed E-state index contributed by atoms with van der Waals surface area (Å²) in [6, 6.07) is 2.26. The summed E-state index contributed by atoms with van der Waals surface area (Å²) in [7, 11) is 0. The average molecular weight is 375 g/mol. The van der Waals surface area contributed by atoms with Gasteiger partial charge >= 0.3 is 12.4 Å². The molecule has 0 saturated carbocycles. The van der Waals surface area contributed by atoms with Gasteiger partial charge in [0.2, 0.25) is 6.08 Å². The third-order valence-corrected chi connectivity index (χ3v) is 4.15. The lowest BCUT2D eigenvalue weighted by Gasteiger charge is -2.16. The maximum Gasteiger partial charge on any atom is 0.435 e. The molecule has 0 amide bonds. The smallest absolute Gasteiger partial charge is 0.235 e. The van der Waals surface area contributed by atoms with Crippen LogP contribution < -0.4 is 0 Å². The van der Waals surface area contributed by atoms with E-state index in [9.17, 15) is 31.1 Å². The van der Waals surface area contributed by atoms with E-state index in [4.69, 9.17) is 0 Å². The SMILES string of the molecule is O=C=Nc1cc(C(F)(F)F)ccc1-n1nc(C(F)(F)F)c2c1CCCC2. The van der Waals surface area contributed by atoms with Crippen LogP contribution in [0.15, 0.2) is 23.2 Å². The molecule has 3 rings (SSSR count). The molecule has 26 heavy (non-hydrogen) atoms. The predicted molar refractivity (Wildman–Crippen MR) is 78.0 cm³/mol. The Kier molecular flexibility index (Phi) is 4.39. The van der Waals surface area contributed by atoms with Gasteiger partial charge in [-0.3, -0.25) is 0 Å². The van der Waals surface area contributed by atoms with Crippen LogP contribution in [0.5, 0.6) is 0 Å². The molecule has 0 N–H and O–H groups in total. The van der Waals surface area contributed by atoms with Crippen molar-refractivity contribution in [2.75, 3.05) is 0 Å². The minimum atomic E-state index is -4.69. The lowest BCUT2D eigenvalue weighted by atomic mass is 9.95. The fourth-order valence-electron chi connectivity index (χ4n) is 3.04. The third-order valence-electron chi connectivity index (χ3n) is 4.15. The van der Waals surface area contributed by atoms with Crippen molar-refractivity contribution < 1.29 is 31.1 Å². The molecule has 1 aromatic heterocycles. The first-order valence-electron chi connectivity index (χ1n) is 7.60. The van der Waals surface area contributed by atoms with Crippen molar-refractivity contribution in [3.8, 4) is 5.69 Å². The number of nitrogens with zero attached hydrogens (tertiary/aromatic N) is 3. The number of isocyanates is 1. The minimum absolute atomic E-state index is 0.0321. The first kappa shape index (κ1) is 18.2. The van der Waals surface area contributed by atoms with Crippen molar-refractivity contribution in [3.63, 3.8) is 0 Å². The number of benzene rings is 1. The number of halogens is 6. The lowest BCUT2D eigenvalue weighted by molar-refractivity contribution is -0.142. The highest BCUT2D eigenvalue weighted by Gasteiger charge is 2.40. The van der Waals surface area contributed by atoms with Gasteiger partial charge in [0.1, 0.15) is 5.69 Å². The number of aliphatic imine (C=N–C) groups is 1. The Hall–Kier alpha value is -2.61. The second-order valence-corrected chi connectivity index (χ2v) is 5.79. The Morgan fingerprint density at radius 3 is 2.35 bits per heavy atom. The monoisotopic (exact) mass is 375 g/mol. The van der Waals surface area contributed by atoms with Gasteiger partial charge in [0.15, 0.2) is 5.69 Å². The Bertz CT molecular complexity index is 891. The molecule has 0 unspecified atom stereocenters. The Morgan fingerprint density at radius 2 is 1.73 bits per heavy atom. The van der Waals surface area contributed by atoms with Crippen LogP contribution >= 0.6 is 0 Å². The van der Waals surface area contributed by atoms with Crippen LogP contribution in [0.2, 0.25) is 0 Å². The van der Waals surface area contributed by atoms with Gasteiger partial charge in [0, 0.05) is 11.3 Å². The topological polar surface area (TPSA) is 47.2 Å². The normalized spacial score (nSPS) is 14.7. The second-order valence-electron chi connectivity index (χ2n) is 5.79. The average Bonchev–Trinajstić information content (AvgIpc) is 2.94. The molecule has 1 aliphatic rings. The zero-order chi connectivity index (χ0) is 19.1. The van der Waals surface area contributed by atoms with Crippen LogP contribution in [-0.4, -0.2) is 15.9 Å². The van der Waals surface area contributed by atoms with E-state index in [-0.39, 0.29) is 23.4 Å². The van der Waals surface area contributed by atoms with Gasteiger partial charge in [-0.25, -0.2) is 9.48 Å². The molecular formula is C16H11F6N3O. The van der Waals surface area contributed by atoms with E-state index in [1.54, 1.807) is 0 Å². The molecule has 0 bridgehead atoms. The van der Waals surface area contributed by atoms with Crippen LogP contribution in [0.4, 0.5) is 32.0 Å². The maximum atomic E-state index is 13.3. The fraction of sp³-hybridized carbons (Fsp3) is 0.375. The van der Waals surface area contributed by atoms with Gasteiger partial charge in [-0.2, -0.15) is 36.4 Å². The van der Waals surface area contributed by atoms with E-state index in [1.807, 2.05) is 0 Å². The first-order chi connectivity index (χ1) is 12.1. The lowest BCUT2D eigenvalue weighted by Crippen LogP contribution is -2.11. The number of hydrogen-bond acceptors (Lipinski definition) is 3. The summed E-state index contributed by atoms with van der Waals surface area (Å²) in [4.78, 5) is 13.8. The minimum Gasteiger partial charge on any atom is -0.235 e. The molecule has 0 radical (unpaired) electrons. The van der Waals surface area contributed by atoms with Crippen molar-refractivity contribution in [2.45, 2.75) is 38.0 Å². The summed E-state index contributed by atoms with van der Waals surface area (Å²) in [6.07, 6.45) is -6.58.